The summed E-state index contributed by atoms with van der Waals surface area (Å²) >= 11 is 0. The Morgan fingerprint density at radius 1 is 0.857 bits per heavy atom. The van der Waals surface area contributed by atoms with Crippen molar-refractivity contribution in [3.05, 3.63) is 24.4 Å². The van der Waals surface area contributed by atoms with E-state index in [1.807, 2.05) is 0 Å². The lowest BCUT2D eigenvalue weighted by atomic mass is 9.93. The Morgan fingerprint density at radius 3 is 1.82 bits per heavy atom. The Kier molecular flexibility index (Phi) is 13.2. The van der Waals surface area contributed by atoms with Crippen LogP contribution in [0.4, 0.5) is 0 Å². The van der Waals surface area contributed by atoms with Crippen molar-refractivity contribution in [1.82, 2.24) is 0 Å². The lowest BCUT2D eigenvalue weighted by Gasteiger charge is -2.18. The van der Waals surface area contributed by atoms with Crippen molar-refractivity contribution in [2.45, 2.75) is 103 Å². The first-order chi connectivity index (χ1) is 13.6. The molecule has 1 heterocycles. The Morgan fingerprint density at radius 2 is 1.32 bits per heavy atom. The van der Waals surface area contributed by atoms with Gasteiger partial charge in [-0.1, -0.05) is 103 Å². The van der Waals surface area contributed by atoms with Crippen molar-refractivity contribution in [3.8, 4) is 0 Å². The van der Waals surface area contributed by atoms with Crippen molar-refractivity contribution in [3.63, 3.8) is 0 Å². The number of cyclic esters (lactones) is 2. The average Bonchev–Trinajstić information content (AvgIpc) is 2.68. The van der Waals surface area contributed by atoms with Crippen molar-refractivity contribution in [1.29, 1.82) is 0 Å². The first-order valence-electron chi connectivity index (χ1n) is 11.1. The van der Waals surface area contributed by atoms with E-state index in [0.29, 0.717) is 6.42 Å². The van der Waals surface area contributed by atoms with E-state index in [4.69, 9.17) is 4.74 Å². The topological polar surface area (TPSA) is 72.8 Å². The fourth-order valence-electron chi connectivity index (χ4n) is 3.49. The van der Waals surface area contributed by atoms with Crippen LogP contribution in [0.5, 0.6) is 0 Å². The lowest BCUT2D eigenvalue weighted by molar-refractivity contribution is -0.150. The molecule has 28 heavy (non-hydrogen) atoms. The summed E-state index contributed by atoms with van der Waals surface area (Å²) in [5.74, 6) is -2.77. The molecule has 0 aromatic heterocycles. The smallest absolute Gasteiger partial charge is 0.342 e. The molecule has 0 saturated carbocycles. The molecule has 0 bridgehead atoms. The van der Waals surface area contributed by atoms with Gasteiger partial charge in [-0.2, -0.15) is 0 Å². The highest BCUT2D eigenvalue weighted by Crippen LogP contribution is 2.24. The van der Waals surface area contributed by atoms with Crippen LogP contribution in [-0.2, 0) is 19.1 Å². The summed E-state index contributed by atoms with van der Waals surface area (Å²) in [7, 11) is 0. The van der Waals surface area contributed by atoms with Crippen LogP contribution < -0.4 is 0 Å². The van der Waals surface area contributed by atoms with Crippen LogP contribution in [0.15, 0.2) is 24.4 Å². The third kappa shape index (κ3) is 10.5. The number of hydrogen-bond donors (Lipinski definition) is 1. The molecule has 5 nitrogen and oxygen atoms in total. The Hall–Kier alpha value is -1.78. The Labute approximate surface area is 170 Å². The molecule has 0 spiro atoms. The summed E-state index contributed by atoms with van der Waals surface area (Å²) in [6.07, 6.45) is 19.0. The molecule has 1 aliphatic heterocycles. The molecular weight excluding hydrogens is 356 g/mol. The maximum atomic E-state index is 12.0. The van der Waals surface area contributed by atoms with E-state index in [9.17, 15) is 14.7 Å². The Bertz CT molecular complexity index is 509. The molecule has 1 atom stereocenters. The summed E-state index contributed by atoms with van der Waals surface area (Å²) in [6.45, 7) is 5.89. The van der Waals surface area contributed by atoms with Crippen molar-refractivity contribution in [2.24, 2.45) is 5.92 Å². The van der Waals surface area contributed by atoms with E-state index in [2.05, 4.69) is 18.2 Å². The number of hydrogen-bond acceptors (Lipinski definition) is 5. The van der Waals surface area contributed by atoms with Crippen LogP contribution in [0.2, 0.25) is 0 Å². The molecular formula is C23H38O5. The zero-order valence-electron chi connectivity index (χ0n) is 17.5. The third-order valence-electron chi connectivity index (χ3n) is 5.29. The molecule has 0 fully saturated rings. The zero-order chi connectivity index (χ0) is 20.6. The summed E-state index contributed by atoms with van der Waals surface area (Å²) < 4.78 is 9.41. The maximum absolute atomic E-state index is 12.0. The van der Waals surface area contributed by atoms with Gasteiger partial charge in [-0.3, -0.25) is 4.79 Å². The molecule has 0 saturated heterocycles. The minimum atomic E-state index is -0.777. The number of aliphatic hydroxyl groups is 1. The van der Waals surface area contributed by atoms with Gasteiger partial charge < -0.3 is 14.6 Å². The lowest BCUT2D eigenvalue weighted by Crippen LogP contribution is -2.25. The van der Waals surface area contributed by atoms with Gasteiger partial charge in [0.05, 0.1) is 5.92 Å². The number of esters is 2. The van der Waals surface area contributed by atoms with Crippen LogP contribution in [0, 0.1) is 5.92 Å². The van der Waals surface area contributed by atoms with Gasteiger partial charge >= 0.3 is 17.9 Å². The molecule has 1 unspecified atom stereocenters. The second kappa shape index (κ2) is 15.2. The fraction of sp³-hybridized carbons (Fsp3) is 0.739. The van der Waals surface area contributed by atoms with Crippen molar-refractivity contribution in [2.75, 3.05) is 0 Å². The maximum Gasteiger partial charge on any atom is 0.342 e. The molecule has 1 aliphatic rings. The van der Waals surface area contributed by atoms with Gasteiger partial charge in [0, 0.05) is 5.57 Å². The molecule has 0 aliphatic carbocycles. The van der Waals surface area contributed by atoms with Crippen LogP contribution in [0.3, 0.4) is 0 Å². The molecule has 1 N–H and O–H groups in total. The highest BCUT2D eigenvalue weighted by molar-refractivity contribution is 5.95. The minimum absolute atomic E-state index is 0.0411. The third-order valence-corrected chi connectivity index (χ3v) is 5.29. The molecule has 0 radical (unpaired) electrons. The summed E-state index contributed by atoms with van der Waals surface area (Å²) in [5, 5.41) is 9.21. The van der Waals surface area contributed by atoms with E-state index in [1.165, 1.54) is 70.6 Å². The molecule has 5 heteroatoms. The molecule has 0 amide bonds. The van der Waals surface area contributed by atoms with Gasteiger partial charge in [0.15, 0.2) is 6.26 Å². The fourth-order valence-corrected chi connectivity index (χ4v) is 3.49. The molecule has 0 aromatic carbocycles. The van der Waals surface area contributed by atoms with Crippen LogP contribution >= 0.6 is 0 Å². The predicted molar refractivity (Wildman–Crippen MR) is 110 cm³/mol. The Balaban J connectivity index is 2.02. The highest BCUT2D eigenvalue weighted by atomic mass is 16.6. The van der Waals surface area contributed by atoms with Gasteiger partial charge in [0.25, 0.3) is 0 Å². The predicted octanol–water partition coefficient (Wildman–Crippen LogP) is 6.49. The first-order valence-corrected chi connectivity index (χ1v) is 11.1. The van der Waals surface area contributed by atoms with Crippen LogP contribution in [0.1, 0.15) is 103 Å². The van der Waals surface area contributed by atoms with E-state index < -0.39 is 23.8 Å². The van der Waals surface area contributed by atoms with Gasteiger partial charge in [-0.05, 0) is 6.42 Å². The van der Waals surface area contributed by atoms with Gasteiger partial charge in [0.2, 0.25) is 0 Å². The number of unbranched alkanes of at least 4 members (excludes halogenated alkanes) is 13. The van der Waals surface area contributed by atoms with E-state index in [1.54, 1.807) is 0 Å². The average molecular weight is 395 g/mol. The second-order valence-electron chi connectivity index (χ2n) is 7.75. The number of carbonyl (C=O) groups is 2. The van der Waals surface area contributed by atoms with E-state index >= 15 is 0 Å². The van der Waals surface area contributed by atoms with E-state index in [0.717, 1.165) is 25.5 Å². The number of rotatable bonds is 15. The standard InChI is InChI=1S/C23H38O5/c1-3-4-5-6-7-8-9-10-11-12-13-14-15-16-17-20-19(2)22(25)28-21(24)18-27-23(20)26/h18,20,24H,2-17H2,1H3/b21-18-. The van der Waals surface area contributed by atoms with Crippen LogP contribution in [0.25, 0.3) is 0 Å². The summed E-state index contributed by atoms with van der Waals surface area (Å²) in [5.41, 5.74) is 0.0411. The zero-order valence-corrected chi connectivity index (χ0v) is 17.5. The number of ether oxygens (including phenoxy) is 2. The SMILES string of the molecule is C=C1C(=O)O/C(O)=C\OC(=O)C1CCCCCCCCCCCCCCCC. The monoisotopic (exact) mass is 394 g/mol. The number of aliphatic hydroxyl groups excluding tert-OH is 1. The number of carbonyl (C=O) groups excluding carboxylic acids is 2. The molecule has 1 rings (SSSR count). The van der Waals surface area contributed by atoms with Crippen molar-refractivity contribution < 1.29 is 24.2 Å². The van der Waals surface area contributed by atoms with Gasteiger partial charge in [-0.25, -0.2) is 4.79 Å². The normalized spacial score (nSPS) is 19.4. The molecule has 160 valence electrons. The second-order valence-corrected chi connectivity index (χ2v) is 7.75. The van der Waals surface area contributed by atoms with Gasteiger partial charge in [0.1, 0.15) is 0 Å². The summed E-state index contributed by atoms with van der Waals surface area (Å²) in [6, 6.07) is 0. The minimum Gasteiger partial charge on any atom is -0.478 e. The quantitative estimate of drug-likeness (QED) is 0.195. The summed E-state index contributed by atoms with van der Waals surface area (Å²) in [4.78, 5) is 23.7. The largest absolute Gasteiger partial charge is 0.478 e. The van der Waals surface area contributed by atoms with Crippen LogP contribution in [-0.4, -0.2) is 17.0 Å². The molecule has 0 aromatic rings. The van der Waals surface area contributed by atoms with Gasteiger partial charge in [-0.15, -0.1) is 0 Å². The van der Waals surface area contributed by atoms with Crippen molar-refractivity contribution >= 4 is 11.9 Å². The van der Waals surface area contributed by atoms with E-state index in [-0.39, 0.29) is 5.57 Å². The highest BCUT2D eigenvalue weighted by Gasteiger charge is 2.30. The first kappa shape index (κ1) is 24.3.